The Morgan fingerprint density at radius 2 is 2.50 bits per heavy atom. The zero-order valence-electron chi connectivity index (χ0n) is 6.85. The molecule has 66 valence electrons. The van der Waals surface area contributed by atoms with E-state index in [2.05, 4.69) is 0 Å². The molecule has 0 bridgehead atoms. The molecule has 0 spiro atoms. The van der Waals surface area contributed by atoms with Gasteiger partial charge in [0.25, 0.3) is 0 Å². The normalized spacial score (nSPS) is 22.3. The van der Waals surface area contributed by atoms with Crippen LogP contribution in [0.25, 0.3) is 0 Å². The summed E-state index contributed by atoms with van der Waals surface area (Å²) in [6.07, 6.45) is 3.42. The van der Waals surface area contributed by atoms with Gasteiger partial charge >= 0.3 is 0 Å². The topological polar surface area (TPSA) is 39.2 Å². The van der Waals surface area contributed by atoms with Crippen molar-refractivity contribution in [1.29, 1.82) is 0 Å². The molecule has 0 fully saturated rings. The van der Waals surface area contributed by atoms with Crippen molar-refractivity contribution in [3.05, 3.63) is 22.6 Å². The van der Waals surface area contributed by atoms with Gasteiger partial charge in [-0.1, -0.05) is 0 Å². The summed E-state index contributed by atoms with van der Waals surface area (Å²) < 4.78 is 5.39. The number of furan rings is 1. The van der Waals surface area contributed by atoms with Gasteiger partial charge in [0.2, 0.25) is 0 Å². The minimum Gasteiger partial charge on any atom is -0.449 e. The van der Waals surface area contributed by atoms with Crippen LogP contribution in [0.15, 0.2) is 10.5 Å². The second-order valence-corrected chi connectivity index (χ2v) is 3.64. The smallest absolute Gasteiger partial charge is 0.193 e. The zero-order chi connectivity index (χ0) is 8.55. The van der Waals surface area contributed by atoms with E-state index in [0.29, 0.717) is 17.7 Å². The molecule has 0 amide bonds. The van der Waals surface area contributed by atoms with Gasteiger partial charge in [0.1, 0.15) is 5.76 Å². The molecule has 12 heavy (non-hydrogen) atoms. The molecular formula is C9H12ClNO. The maximum absolute atomic E-state index is 5.77. The number of nitrogens with two attached hydrogens (primary N) is 1. The van der Waals surface area contributed by atoms with Crippen LogP contribution < -0.4 is 5.73 Å². The molecule has 1 aliphatic rings. The lowest BCUT2D eigenvalue weighted by atomic mass is 9.89. The van der Waals surface area contributed by atoms with Gasteiger partial charge in [0.05, 0.1) is 0 Å². The summed E-state index contributed by atoms with van der Waals surface area (Å²) in [5, 5.41) is 0.500. The van der Waals surface area contributed by atoms with Gasteiger partial charge < -0.3 is 10.2 Å². The molecule has 0 radical (unpaired) electrons. The average molecular weight is 186 g/mol. The second-order valence-electron chi connectivity index (χ2n) is 3.26. The SMILES string of the molecule is NCC1CCCc2cc(Cl)oc21. The Labute approximate surface area is 76.7 Å². The van der Waals surface area contributed by atoms with Gasteiger partial charge in [-0.25, -0.2) is 0 Å². The number of hydrogen-bond acceptors (Lipinski definition) is 2. The molecule has 0 aliphatic heterocycles. The van der Waals surface area contributed by atoms with Crippen LogP contribution in [0.2, 0.25) is 5.22 Å². The van der Waals surface area contributed by atoms with Crippen LogP contribution in [0.4, 0.5) is 0 Å². The Kier molecular flexibility index (Phi) is 2.11. The highest BCUT2D eigenvalue weighted by Crippen LogP contribution is 2.34. The van der Waals surface area contributed by atoms with Gasteiger partial charge in [0, 0.05) is 12.5 Å². The molecule has 1 aromatic heterocycles. The third-order valence-electron chi connectivity index (χ3n) is 2.47. The second kappa shape index (κ2) is 3.11. The summed E-state index contributed by atoms with van der Waals surface area (Å²) in [6, 6.07) is 1.92. The number of hydrogen-bond donors (Lipinski definition) is 1. The van der Waals surface area contributed by atoms with Gasteiger partial charge in [0.15, 0.2) is 5.22 Å². The molecule has 1 aromatic rings. The van der Waals surface area contributed by atoms with Crippen molar-refractivity contribution in [3.63, 3.8) is 0 Å². The molecule has 2 rings (SSSR count). The van der Waals surface area contributed by atoms with Crippen molar-refractivity contribution in [3.8, 4) is 0 Å². The summed E-state index contributed by atoms with van der Waals surface area (Å²) in [7, 11) is 0. The predicted octanol–water partition coefficient (Wildman–Crippen LogP) is 2.31. The van der Waals surface area contributed by atoms with Crippen molar-refractivity contribution < 1.29 is 4.42 Å². The third-order valence-corrected chi connectivity index (χ3v) is 2.65. The van der Waals surface area contributed by atoms with Crippen molar-refractivity contribution >= 4 is 11.6 Å². The fourth-order valence-electron chi connectivity index (χ4n) is 1.84. The van der Waals surface area contributed by atoms with E-state index >= 15 is 0 Å². The highest BCUT2D eigenvalue weighted by atomic mass is 35.5. The van der Waals surface area contributed by atoms with E-state index < -0.39 is 0 Å². The van der Waals surface area contributed by atoms with Gasteiger partial charge in [-0.05, 0) is 42.5 Å². The molecular weight excluding hydrogens is 174 g/mol. The number of aryl methyl sites for hydroxylation is 1. The van der Waals surface area contributed by atoms with Crippen LogP contribution in [-0.4, -0.2) is 6.54 Å². The standard InChI is InChI=1S/C9H12ClNO/c10-8-4-6-2-1-3-7(5-11)9(6)12-8/h4,7H,1-3,5,11H2. The van der Waals surface area contributed by atoms with E-state index in [1.54, 1.807) is 0 Å². The minimum absolute atomic E-state index is 0.390. The number of halogens is 1. The third kappa shape index (κ3) is 1.25. The average Bonchev–Trinajstić information content (AvgIpc) is 2.44. The number of fused-ring (bicyclic) bond motifs is 1. The van der Waals surface area contributed by atoms with Crippen molar-refractivity contribution in [2.45, 2.75) is 25.2 Å². The summed E-state index contributed by atoms with van der Waals surface area (Å²) in [5.41, 5.74) is 6.88. The maximum atomic E-state index is 5.77. The Hall–Kier alpha value is -0.470. The van der Waals surface area contributed by atoms with Crippen molar-refractivity contribution in [2.24, 2.45) is 5.73 Å². The lowest BCUT2D eigenvalue weighted by Gasteiger charge is -2.18. The molecule has 1 aliphatic carbocycles. The Morgan fingerprint density at radius 1 is 1.67 bits per heavy atom. The van der Waals surface area contributed by atoms with Crippen molar-refractivity contribution in [1.82, 2.24) is 0 Å². The van der Waals surface area contributed by atoms with Gasteiger partial charge in [-0.3, -0.25) is 0 Å². The van der Waals surface area contributed by atoms with Crippen LogP contribution in [0.5, 0.6) is 0 Å². The molecule has 2 nitrogen and oxygen atoms in total. The molecule has 1 heterocycles. The monoisotopic (exact) mass is 185 g/mol. The first-order valence-corrected chi connectivity index (χ1v) is 4.67. The predicted molar refractivity (Wildman–Crippen MR) is 48.5 cm³/mol. The zero-order valence-corrected chi connectivity index (χ0v) is 7.60. The minimum atomic E-state index is 0.390. The Bertz CT molecular complexity index is 282. The summed E-state index contributed by atoms with van der Waals surface area (Å²) in [5.74, 6) is 1.41. The van der Waals surface area contributed by atoms with E-state index in [0.717, 1.165) is 18.6 Å². The van der Waals surface area contributed by atoms with Crippen LogP contribution in [0.1, 0.15) is 30.1 Å². The van der Waals surface area contributed by atoms with Crippen LogP contribution in [-0.2, 0) is 6.42 Å². The molecule has 1 atom stereocenters. The highest BCUT2D eigenvalue weighted by Gasteiger charge is 2.23. The fraction of sp³-hybridized carbons (Fsp3) is 0.556. The molecule has 3 heteroatoms. The highest BCUT2D eigenvalue weighted by molar-refractivity contribution is 6.28. The summed E-state index contributed by atoms with van der Waals surface area (Å²) in [4.78, 5) is 0. The lowest BCUT2D eigenvalue weighted by Crippen LogP contribution is -2.16. The molecule has 2 N–H and O–H groups in total. The Morgan fingerprint density at radius 3 is 3.25 bits per heavy atom. The van der Waals surface area contributed by atoms with Crippen molar-refractivity contribution in [2.75, 3.05) is 6.54 Å². The van der Waals surface area contributed by atoms with E-state index in [1.165, 1.54) is 12.0 Å². The van der Waals surface area contributed by atoms with E-state index in [9.17, 15) is 0 Å². The van der Waals surface area contributed by atoms with Crippen LogP contribution in [0.3, 0.4) is 0 Å². The first-order valence-electron chi connectivity index (χ1n) is 4.29. The fourth-order valence-corrected chi connectivity index (χ4v) is 2.06. The first-order chi connectivity index (χ1) is 5.81. The molecule has 0 saturated heterocycles. The van der Waals surface area contributed by atoms with Gasteiger partial charge in [-0.2, -0.15) is 0 Å². The number of rotatable bonds is 1. The van der Waals surface area contributed by atoms with Crippen LogP contribution in [0, 0.1) is 0 Å². The quantitative estimate of drug-likeness (QED) is 0.730. The summed E-state index contributed by atoms with van der Waals surface area (Å²) >= 11 is 5.77. The van der Waals surface area contributed by atoms with Gasteiger partial charge in [-0.15, -0.1) is 0 Å². The van der Waals surface area contributed by atoms with Crippen LogP contribution >= 0.6 is 11.6 Å². The molecule has 0 saturated carbocycles. The Balaban J connectivity index is 2.36. The van der Waals surface area contributed by atoms with E-state index in [4.69, 9.17) is 21.8 Å². The van der Waals surface area contributed by atoms with E-state index in [1.807, 2.05) is 6.07 Å². The molecule has 0 aromatic carbocycles. The molecule has 1 unspecified atom stereocenters. The van der Waals surface area contributed by atoms with E-state index in [-0.39, 0.29) is 0 Å². The first kappa shape index (κ1) is 8.14. The largest absolute Gasteiger partial charge is 0.449 e. The maximum Gasteiger partial charge on any atom is 0.193 e. The summed E-state index contributed by atoms with van der Waals surface area (Å²) in [6.45, 7) is 0.664. The lowest BCUT2D eigenvalue weighted by molar-refractivity contribution is 0.421.